The van der Waals surface area contributed by atoms with Crippen LogP contribution in [0.25, 0.3) is 0 Å². The molecule has 0 bridgehead atoms. The van der Waals surface area contributed by atoms with E-state index in [0.29, 0.717) is 27.7 Å². The van der Waals surface area contributed by atoms with Gasteiger partial charge in [-0.25, -0.2) is 8.42 Å². The van der Waals surface area contributed by atoms with Gasteiger partial charge in [-0.2, -0.15) is 0 Å². The van der Waals surface area contributed by atoms with Crippen LogP contribution >= 0.6 is 23.2 Å². The maximum Gasteiger partial charge on any atom is 0.264 e. The number of nitrogens with one attached hydrogen (secondary N) is 1. The Morgan fingerprint density at radius 2 is 1.74 bits per heavy atom. The number of nitrogens with zero attached hydrogens (tertiary/aromatic N) is 1. The summed E-state index contributed by atoms with van der Waals surface area (Å²) in [7, 11) is -1.06. The van der Waals surface area contributed by atoms with E-state index >= 15 is 0 Å². The second-order valence-corrected chi connectivity index (χ2v) is 9.51. The molecule has 0 radical (unpaired) electrons. The third kappa shape index (κ3) is 4.79. The van der Waals surface area contributed by atoms with Crippen LogP contribution in [-0.2, 0) is 10.0 Å². The number of methoxy groups -OCH3 is 1. The summed E-state index contributed by atoms with van der Waals surface area (Å²) in [5.41, 5.74) is 1.57. The molecular weight excluding hydrogens is 459 g/mol. The first-order chi connectivity index (χ1) is 14.6. The number of carbonyl (C=O) groups is 1. The van der Waals surface area contributed by atoms with Gasteiger partial charge >= 0.3 is 0 Å². The van der Waals surface area contributed by atoms with E-state index in [1.165, 1.54) is 32.4 Å². The molecule has 0 aromatic heterocycles. The third-order valence-corrected chi connectivity index (χ3v) is 7.03. The fraction of sp³-hybridized carbons (Fsp3) is 0.136. The van der Waals surface area contributed by atoms with Gasteiger partial charge in [-0.15, -0.1) is 0 Å². The van der Waals surface area contributed by atoms with Crippen molar-refractivity contribution in [3.05, 3.63) is 81.8 Å². The molecule has 0 saturated heterocycles. The van der Waals surface area contributed by atoms with Crippen LogP contribution in [-0.4, -0.2) is 28.5 Å². The van der Waals surface area contributed by atoms with E-state index in [4.69, 9.17) is 27.9 Å². The second-order valence-electron chi connectivity index (χ2n) is 6.70. The molecule has 0 aliphatic heterocycles. The Kier molecular flexibility index (Phi) is 6.79. The molecule has 0 fully saturated rings. The molecule has 1 amide bonds. The number of anilines is 2. The lowest BCUT2D eigenvalue weighted by atomic mass is 10.1. The zero-order valence-corrected chi connectivity index (χ0v) is 19.3. The molecule has 3 aromatic rings. The molecule has 1 N–H and O–H groups in total. The second kappa shape index (κ2) is 9.18. The fourth-order valence-corrected chi connectivity index (χ4v) is 4.65. The topological polar surface area (TPSA) is 75.7 Å². The molecule has 0 spiro atoms. The maximum atomic E-state index is 13.2. The number of hydrogen-bond acceptors (Lipinski definition) is 4. The smallest absolute Gasteiger partial charge is 0.264 e. The number of amides is 1. The summed E-state index contributed by atoms with van der Waals surface area (Å²) in [6.07, 6.45) is 0. The van der Waals surface area contributed by atoms with Crippen LogP contribution in [0.4, 0.5) is 11.4 Å². The van der Waals surface area contributed by atoms with Crippen LogP contribution in [0.1, 0.15) is 15.9 Å². The Balaban J connectivity index is 1.96. The Hall–Kier alpha value is -2.74. The molecule has 0 aliphatic rings. The molecule has 3 rings (SSSR count). The lowest BCUT2D eigenvalue weighted by Gasteiger charge is -2.22. The van der Waals surface area contributed by atoms with Gasteiger partial charge in [-0.1, -0.05) is 41.4 Å². The fourth-order valence-electron chi connectivity index (χ4n) is 2.96. The largest absolute Gasteiger partial charge is 0.495 e. The van der Waals surface area contributed by atoms with Gasteiger partial charge in [-0.05, 0) is 55.0 Å². The van der Waals surface area contributed by atoms with Gasteiger partial charge in [0.15, 0.2) is 0 Å². The highest BCUT2D eigenvalue weighted by atomic mass is 35.5. The number of aryl methyl sites for hydroxylation is 1. The molecule has 0 heterocycles. The molecule has 9 heteroatoms. The van der Waals surface area contributed by atoms with Crippen molar-refractivity contribution >= 4 is 50.5 Å². The Morgan fingerprint density at radius 3 is 2.42 bits per heavy atom. The lowest BCUT2D eigenvalue weighted by Crippen LogP contribution is -2.27. The van der Waals surface area contributed by atoms with Gasteiger partial charge in [0.25, 0.3) is 15.9 Å². The van der Waals surface area contributed by atoms with Crippen LogP contribution in [0.15, 0.2) is 65.6 Å². The van der Waals surface area contributed by atoms with E-state index < -0.39 is 15.9 Å². The van der Waals surface area contributed by atoms with Crippen LogP contribution in [0.3, 0.4) is 0 Å². The van der Waals surface area contributed by atoms with Gasteiger partial charge in [0, 0.05) is 17.6 Å². The molecule has 0 saturated carbocycles. The van der Waals surface area contributed by atoms with Crippen LogP contribution in [0.5, 0.6) is 5.75 Å². The van der Waals surface area contributed by atoms with Crippen molar-refractivity contribution in [1.82, 2.24) is 0 Å². The number of carbonyl (C=O) groups excluding carboxylic acids is 1. The van der Waals surface area contributed by atoms with E-state index in [-0.39, 0.29) is 15.5 Å². The highest BCUT2D eigenvalue weighted by Crippen LogP contribution is 2.32. The number of para-hydroxylation sites is 2. The zero-order chi connectivity index (χ0) is 22.8. The Bertz CT molecular complexity index is 1250. The van der Waals surface area contributed by atoms with Gasteiger partial charge < -0.3 is 10.1 Å². The van der Waals surface area contributed by atoms with E-state index in [2.05, 4.69) is 5.32 Å². The summed E-state index contributed by atoms with van der Waals surface area (Å²) in [4.78, 5) is 12.8. The number of rotatable bonds is 6. The van der Waals surface area contributed by atoms with Crippen LogP contribution in [0.2, 0.25) is 10.0 Å². The molecule has 0 aliphatic carbocycles. The minimum Gasteiger partial charge on any atom is -0.495 e. The molecular formula is C22H20Cl2N2O4S. The SMILES string of the molecule is COc1ccccc1N(C)S(=O)(=O)c1ccc(C)c(C(=O)Nc2ccc(Cl)cc2Cl)c1. The average molecular weight is 479 g/mol. The number of sulfonamides is 1. The first-order valence-corrected chi connectivity index (χ1v) is 11.3. The highest BCUT2D eigenvalue weighted by molar-refractivity contribution is 7.92. The molecule has 3 aromatic carbocycles. The van der Waals surface area contributed by atoms with Gasteiger partial charge in [-0.3, -0.25) is 9.10 Å². The van der Waals surface area contributed by atoms with Crippen LogP contribution < -0.4 is 14.4 Å². The molecule has 0 unspecified atom stereocenters. The summed E-state index contributed by atoms with van der Waals surface area (Å²) in [6, 6.07) is 15.8. The highest BCUT2D eigenvalue weighted by Gasteiger charge is 2.25. The molecule has 31 heavy (non-hydrogen) atoms. The Morgan fingerprint density at radius 1 is 1.03 bits per heavy atom. The summed E-state index contributed by atoms with van der Waals surface area (Å²) in [5.74, 6) is -0.0743. The van der Waals surface area contributed by atoms with E-state index in [1.54, 1.807) is 49.4 Å². The van der Waals surface area contributed by atoms with Gasteiger partial charge in [0.05, 0.1) is 28.4 Å². The monoisotopic (exact) mass is 478 g/mol. The number of halogens is 2. The average Bonchev–Trinajstić information content (AvgIpc) is 2.75. The maximum absolute atomic E-state index is 13.2. The van der Waals surface area contributed by atoms with Crippen molar-refractivity contribution in [3.63, 3.8) is 0 Å². The summed E-state index contributed by atoms with van der Waals surface area (Å²) in [5, 5.41) is 3.41. The minimum atomic E-state index is -3.95. The zero-order valence-electron chi connectivity index (χ0n) is 17.0. The van der Waals surface area contributed by atoms with Gasteiger partial charge in [0.1, 0.15) is 5.75 Å². The summed E-state index contributed by atoms with van der Waals surface area (Å²) >= 11 is 12.0. The van der Waals surface area contributed by atoms with Crippen molar-refractivity contribution in [3.8, 4) is 5.75 Å². The number of benzene rings is 3. The molecule has 0 atom stereocenters. The first-order valence-electron chi connectivity index (χ1n) is 9.14. The van der Waals surface area contributed by atoms with E-state index in [0.717, 1.165) is 4.31 Å². The van der Waals surface area contributed by atoms with E-state index in [1.807, 2.05) is 0 Å². The standard InChI is InChI=1S/C22H20Cl2N2O4S/c1-14-8-10-16(31(28,29)26(2)20-6-4-5-7-21(20)30-3)13-17(14)22(27)25-19-11-9-15(23)12-18(19)24/h4-13H,1-3H3,(H,25,27). The van der Waals surface area contributed by atoms with Crippen molar-refractivity contribution in [1.29, 1.82) is 0 Å². The van der Waals surface area contributed by atoms with Crippen molar-refractivity contribution < 1.29 is 17.9 Å². The first kappa shape index (κ1) is 22.9. The summed E-state index contributed by atoms with van der Waals surface area (Å²) in [6.45, 7) is 1.72. The molecule has 162 valence electrons. The normalized spacial score (nSPS) is 11.1. The summed E-state index contributed by atoms with van der Waals surface area (Å²) < 4.78 is 32.9. The quantitative estimate of drug-likeness (QED) is 0.515. The Labute approximate surface area is 191 Å². The lowest BCUT2D eigenvalue weighted by molar-refractivity contribution is 0.102. The van der Waals surface area contributed by atoms with Crippen LogP contribution in [0, 0.1) is 6.92 Å². The van der Waals surface area contributed by atoms with Crippen molar-refractivity contribution in [2.24, 2.45) is 0 Å². The minimum absolute atomic E-state index is 0.0288. The molecule has 6 nitrogen and oxygen atoms in total. The van der Waals surface area contributed by atoms with E-state index in [9.17, 15) is 13.2 Å². The third-order valence-electron chi connectivity index (χ3n) is 4.72. The number of hydrogen-bond donors (Lipinski definition) is 1. The van der Waals surface area contributed by atoms with Crippen molar-refractivity contribution in [2.45, 2.75) is 11.8 Å². The van der Waals surface area contributed by atoms with Gasteiger partial charge in [0.2, 0.25) is 0 Å². The predicted octanol–water partition coefficient (Wildman–Crippen LogP) is 5.39. The van der Waals surface area contributed by atoms with Crippen molar-refractivity contribution in [2.75, 3.05) is 23.8 Å². The predicted molar refractivity (Wildman–Crippen MR) is 124 cm³/mol. The number of ether oxygens (including phenoxy) is 1.